The number of ether oxygens (including phenoxy) is 1. The van der Waals surface area contributed by atoms with E-state index in [0.29, 0.717) is 12.0 Å². The molecule has 0 aliphatic carbocycles. The van der Waals surface area contributed by atoms with Crippen LogP contribution in [0.1, 0.15) is 57.9 Å². The lowest BCUT2D eigenvalue weighted by Gasteiger charge is -2.31. The molecular formula is C21H30N2OS. The lowest BCUT2D eigenvalue weighted by molar-refractivity contribution is 0.0354. The maximum atomic E-state index is 5.97. The Labute approximate surface area is 156 Å². The third kappa shape index (κ3) is 4.83. The number of benzene rings is 1. The Morgan fingerprint density at radius 2 is 1.92 bits per heavy atom. The molecule has 1 aliphatic rings. The average Bonchev–Trinajstić information content (AvgIpc) is 3.13. The van der Waals surface area contributed by atoms with Gasteiger partial charge in [0, 0.05) is 30.6 Å². The predicted molar refractivity (Wildman–Crippen MR) is 108 cm³/mol. The summed E-state index contributed by atoms with van der Waals surface area (Å²) in [6.07, 6.45) is 5.04. The normalized spacial score (nSPS) is 15.9. The van der Waals surface area contributed by atoms with Crippen LogP contribution < -0.4 is 4.90 Å². The maximum absolute atomic E-state index is 5.97. The minimum Gasteiger partial charge on any atom is -0.378 e. The highest BCUT2D eigenvalue weighted by Crippen LogP contribution is 2.30. The zero-order valence-corrected chi connectivity index (χ0v) is 16.5. The van der Waals surface area contributed by atoms with Crippen molar-refractivity contribution in [3.63, 3.8) is 0 Å². The van der Waals surface area contributed by atoms with E-state index in [0.717, 1.165) is 43.4 Å². The first-order valence-corrected chi connectivity index (χ1v) is 10.5. The zero-order valence-electron chi connectivity index (χ0n) is 15.7. The van der Waals surface area contributed by atoms with E-state index in [2.05, 4.69) is 55.3 Å². The molecule has 3 rings (SSSR count). The van der Waals surface area contributed by atoms with Crippen LogP contribution in [0.3, 0.4) is 0 Å². The smallest absolute Gasteiger partial charge is 0.185 e. The molecule has 25 heavy (non-hydrogen) atoms. The van der Waals surface area contributed by atoms with Crippen molar-refractivity contribution in [3.8, 4) is 11.3 Å². The zero-order chi connectivity index (χ0) is 17.6. The fourth-order valence-electron chi connectivity index (χ4n) is 3.19. The summed E-state index contributed by atoms with van der Waals surface area (Å²) in [7, 11) is 0. The van der Waals surface area contributed by atoms with E-state index >= 15 is 0 Å². The van der Waals surface area contributed by atoms with Crippen molar-refractivity contribution >= 4 is 16.5 Å². The quantitative estimate of drug-likeness (QED) is 0.592. The molecule has 3 nitrogen and oxygen atoms in total. The highest BCUT2D eigenvalue weighted by molar-refractivity contribution is 7.14. The molecule has 1 fully saturated rings. The number of aromatic nitrogens is 1. The van der Waals surface area contributed by atoms with Crippen LogP contribution in [0.2, 0.25) is 0 Å². The molecule has 0 saturated carbocycles. The molecule has 2 heterocycles. The van der Waals surface area contributed by atoms with E-state index in [-0.39, 0.29) is 0 Å². The second kappa shape index (κ2) is 8.81. The standard InChI is InChI=1S/C21H30N2OS/c1-4-5-14-24-19-10-12-23(13-11-19)21-22-20(15-25-21)18-8-6-17(7-9-18)16(2)3/h6-9,15-16,19H,4-5,10-14H2,1-3H3. The molecule has 0 unspecified atom stereocenters. The van der Waals surface area contributed by atoms with Crippen molar-refractivity contribution in [3.05, 3.63) is 35.2 Å². The number of thiazole rings is 1. The summed E-state index contributed by atoms with van der Waals surface area (Å²) >= 11 is 1.76. The molecule has 0 bridgehead atoms. The van der Waals surface area contributed by atoms with Gasteiger partial charge in [-0.25, -0.2) is 4.98 Å². The van der Waals surface area contributed by atoms with Gasteiger partial charge in [-0.1, -0.05) is 51.5 Å². The number of piperidine rings is 1. The van der Waals surface area contributed by atoms with E-state index < -0.39 is 0 Å². The molecule has 4 heteroatoms. The van der Waals surface area contributed by atoms with Gasteiger partial charge < -0.3 is 9.64 Å². The van der Waals surface area contributed by atoms with Crippen molar-refractivity contribution in [2.45, 2.75) is 58.5 Å². The van der Waals surface area contributed by atoms with E-state index in [4.69, 9.17) is 9.72 Å². The highest BCUT2D eigenvalue weighted by atomic mass is 32.1. The van der Waals surface area contributed by atoms with Crippen molar-refractivity contribution < 1.29 is 4.74 Å². The summed E-state index contributed by atoms with van der Waals surface area (Å²) < 4.78 is 5.97. The van der Waals surface area contributed by atoms with Crippen molar-refractivity contribution in [1.29, 1.82) is 0 Å². The number of hydrogen-bond acceptors (Lipinski definition) is 4. The molecule has 1 aromatic carbocycles. The van der Waals surface area contributed by atoms with Crippen LogP contribution in [0.25, 0.3) is 11.3 Å². The Kier molecular flexibility index (Phi) is 6.49. The van der Waals surface area contributed by atoms with Gasteiger partial charge in [0.15, 0.2) is 5.13 Å². The van der Waals surface area contributed by atoms with Gasteiger partial charge in [-0.2, -0.15) is 0 Å². The fourth-order valence-corrected chi connectivity index (χ4v) is 4.08. The lowest BCUT2D eigenvalue weighted by atomic mass is 10.0. The summed E-state index contributed by atoms with van der Waals surface area (Å²) in [5, 5.41) is 3.33. The molecule has 1 saturated heterocycles. The Balaban J connectivity index is 1.57. The van der Waals surface area contributed by atoms with Gasteiger partial charge in [0.1, 0.15) is 0 Å². The van der Waals surface area contributed by atoms with E-state index in [1.165, 1.54) is 24.0 Å². The number of hydrogen-bond donors (Lipinski definition) is 0. The molecule has 0 N–H and O–H groups in total. The second-order valence-electron chi connectivity index (χ2n) is 7.20. The molecule has 1 aliphatic heterocycles. The number of unbranched alkanes of at least 4 members (excludes halogenated alkanes) is 1. The van der Waals surface area contributed by atoms with Crippen LogP contribution in [-0.4, -0.2) is 30.8 Å². The summed E-state index contributed by atoms with van der Waals surface area (Å²) in [4.78, 5) is 7.30. The van der Waals surface area contributed by atoms with Gasteiger partial charge in [-0.05, 0) is 30.7 Å². The molecule has 0 spiro atoms. The third-order valence-corrected chi connectivity index (χ3v) is 5.83. The Hall–Kier alpha value is -1.39. The van der Waals surface area contributed by atoms with Crippen molar-refractivity contribution in [2.75, 3.05) is 24.6 Å². The molecular weight excluding hydrogens is 328 g/mol. The summed E-state index contributed by atoms with van der Waals surface area (Å²) in [6.45, 7) is 9.68. The van der Waals surface area contributed by atoms with Crippen LogP contribution in [0.15, 0.2) is 29.6 Å². The van der Waals surface area contributed by atoms with Gasteiger partial charge in [-0.3, -0.25) is 0 Å². The van der Waals surface area contributed by atoms with Gasteiger partial charge in [0.2, 0.25) is 0 Å². The lowest BCUT2D eigenvalue weighted by Crippen LogP contribution is -2.37. The van der Waals surface area contributed by atoms with Crippen LogP contribution in [0.5, 0.6) is 0 Å². The Morgan fingerprint density at radius 3 is 2.56 bits per heavy atom. The van der Waals surface area contributed by atoms with E-state index in [9.17, 15) is 0 Å². The minimum absolute atomic E-state index is 0.436. The highest BCUT2D eigenvalue weighted by Gasteiger charge is 2.21. The molecule has 0 radical (unpaired) electrons. The molecule has 0 atom stereocenters. The van der Waals surface area contributed by atoms with Gasteiger partial charge in [0.25, 0.3) is 0 Å². The Morgan fingerprint density at radius 1 is 1.20 bits per heavy atom. The predicted octanol–water partition coefficient (Wildman–Crippen LogP) is 5.72. The molecule has 1 aromatic heterocycles. The minimum atomic E-state index is 0.436. The first kappa shape index (κ1) is 18.4. The molecule has 2 aromatic rings. The van der Waals surface area contributed by atoms with Crippen LogP contribution in [0.4, 0.5) is 5.13 Å². The first-order chi connectivity index (χ1) is 12.2. The topological polar surface area (TPSA) is 25.4 Å². The van der Waals surface area contributed by atoms with Crippen LogP contribution in [-0.2, 0) is 4.74 Å². The number of rotatable bonds is 7. The SMILES string of the molecule is CCCCOC1CCN(c2nc(-c3ccc(C(C)C)cc3)cs2)CC1. The number of nitrogens with zero attached hydrogens (tertiary/aromatic N) is 2. The van der Waals surface area contributed by atoms with E-state index in [1.54, 1.807) is 11.3 Å². The second-order valence-corrected chi connectivity index (χ2v) is 8.04. The van der Waals surface area contributed by atoms with Gasteiger partial charge in [0.05, 0.1) is 11.8 Å². The van der Waals surface area contributed by atoms with Gasteiger partial charge >= 0.3 is 0 Å². The molecule has 136 valence electrons. The van der Waals surface area contributed by atoms with Crippen LogP contribution in [0, 0.1) is 0 Å². The maximum Gasteiger partial charge on any atom is 0.185 e. The first-order valence-electron chi connectivity index (χ1n) is 9.59. The molecule has 0 amide bonds. The average molecular weight is 359 g/mol. The summed E-state index contributed by atoms with van der Waals surface area (Å²) in [5.41, 5.74) is 3.69. The monoisotopic (exact) mass is 358 g/mol. The van der Waals surface area contributed by atoms with Crippen molar-refractivity contribution in [2.24, 2.45) is 0 Å². The van der Waals surface area contributed by atoms with E-state index in [1.807, 2.05) is 0 Å². The summed E-state index contributed by atoms with van der Waals surface area (Å²) in [6, 6.07) is 8.83. The fraction of sp³-hybridized carbons (Fsp3) is 0.571. The number of anilines is 1. The van der Waals surface area contributed by atoms with Crippen LogP contribution >= 0.6 is 11.3 Å². The van der Waals surface area contributed by atoms with Gasteiger partial charge in [-0.15, -0.1) is 11.3 Å². The van der Waals surface area contributed by atoms with Crippen molar-refractivity contribution in [1.82, 2.24) is 4.98 Å². The third-order valence-electron chi connectivity index (χ3n) is 4.93. The Bertz CT molecular complexity index is 642. The largest absolute Gasteiger partial charge is 0.378 e. The summed E-state index contributed by atoms with van der Waals surface area (Å²) in [5.74, 6) is 0.570.